The van der Waals surface area contributed by atoms with E-state index in [0.29, 0.717) is 18.5 Å². The molecule has 1 aliphatic heterocycles. The van der Waals surface area contributed by atoms with Gasteiger partial charge in [0.25, 0.3) is 0 Å². The fourth-order valence-electron chi connectivity index (χ4n) is 2.66. The summed E-state index contributed by atoms with van der Waals surface area (Å²) in [6, 6.07) is 4.70. The van der Waals surface area contributed by atoms with Crippen LogP contribution in [0.25, 0.3) is 0 Å². The molecule has 20 heavy (non-hydrogen) atoms. The summed E-state index contributed by atoms with van der Waals surface area (Å²) in [5, 5.41) is 3.58. The smallest absolute Gasteiger partial charge is 0.159 e. The standard InChI is InChI=1S/C16H24F2N2/c1-12(2)9-19-14-4-3-7-20(11-14)10-13-5-6-15(17)16(18)8-13/h5-6,8,12,14,19H,3-4,7,9-11H2,1-2H3. The number of hydrogen-bond acceptors (Lipinski definition) is 2. The first-order valence-corrected chi connectivity index (χ1v) is 7.44. The minimum atomic E-state index is -0.774. The summed E-state index contributed by atoms with van der Waals surface area (Å²) in [6.07, 6.45) is 2.35. The predicted molar refractivity (Wildman–Crippen MR) is 77.5 cm³/mol. The van der Waals surface area contributed by atoms with Gasteiger partial charge in [-0.05, 0) is 49.5 Å². The predicted octanol–water partition coefficient (Wildman–Crippen LogP) is 3.17. The van der Waals surface area contributed by atoms with Gasteiger partial charge in [0.2, 0.25) is 0 Å². The van der Waals surface area contributed by atoms with Gasteiger partial charge in [0.15, 0.2) is 11.6 Å². The fourth-order valence-corrected chi connectivity index (χ4v) is 2.66. The van der Waals surface area contributed by atoms with E-state index in [1.165, 1.54) is 18.6 Å². The lowest BCUT2D eigenvalue weighted by Gasteiger charge is -2.33. The van der Waals surface area contributed by atoms with Crippen molar-refractivity contribution in [3.05, 3.63) is 35.4 Å². The van der Waals surface area contributed by atoms with Crippen molar-refractivity contribution in [1.29, 1.82) is 0 Å². The van der Waals surface area contributed by atoms with Gasteiger partial charge in [-0.3, -0.25) is 4.90 Å². The first kappa shape index (κ1) is 15.4. The van der Waals surface area contributed by atoms with E-state index in [2.05, 4.69) is 24.1 Å². The molecule has 0 spiro atoms. The van der Waals surface area contributed by atoms with Crippen molar-refractivity contribution in [3.63, 3.8) is 0 Å². The lowest BCUT2D eigenvalue weighted by atomic mass is 10.0. The Morgan fingerprint density at radius 1 is 1.30 bits per heavy atom. The van der Waals surface area contributed by atoms with Gasteiger partial charge in [0, 0.05) is 19.1 Å². The third-order valence-electron chi connectivity index (χ3n) is 3.71. The van der Waals surface area contributed by atoms with Crippen LogP contribution in [0.5, 0.6) is 0 Å². The quantitative estimate of drug-likeness (QED) is 0.892. The third kappa shape index (κ3) is 4.53. The highest BCUT2D eigenvalue weighted by Gasteiger charge is 2.19. The van der Waals surface area contributed by atoms with Crippen LogP contribution in [0.2, 0.25) is 0 Å². The van der Waals surface area contributed by atoms with Crippen molar-refractivity contribution in [2.45, 2.75) is 39.3 Å². The fraction of sp³-hybridized carbons (Fsp3) is 0.625. The third-order valence-corrected chi connectivity index (χ3v) is 3.71. The summed E-state index contributed by atoms with van der Waals surface area (Å²) in [7, 11) is 0. The maximum Gasteiger partial charge on any atom is 0.159 e. The lowest BCUT2D eigenvalue weighted by molar-refractivity contribution is 0.181. The number of rotatable bonds is 5. The SMILES string of the molecule is CC(C)CNC1CCCN(Cc2ccc(F)c(F)c2)C1. The number of nitrogens with one attached hydrogen (secondary N) is 1. The molecule has 112 valence electrons. The number of benzene rings is 1. The zero-order chi connectivity index (χ0) is 14.5. The van der Waals surface area contributed by atoms with Crippen LogP contribution in [-0.4, -0.2) is 30.6 Å². The highest BCUT2D eigenvalue weighted by atomic mass is 19.2. The Morgan fingerprint density at radius 3 is 2.80 bits per heavy atom. The summed E-state index contributed by atoms with van der Waals surface area (Å²) in [5.74, 6) is -0.880. The molecule has 1 saturated heterocycles. The van der Waals surface area contributed by atoms with Gasteiger partial charge >= 0.3 is 0 Å². The molecule has 0 amide bonds. The lowest BCUT2D eigenvalue weighted by Crippen LogP contribution is -2.46. The first-order valence-electron chi connectivity index (χ1n) is 7.44. The van der Waals surface area contributed by atoms with E-state index in [4.69, 9.17) is 0 Å². The molecule has 0 saturated carbocycles. The van der Waals surface area contributed by atoms with Crippen LogP contribution in [-0.2, 0) is 6.54 Å². The molecule has 0 aliphatic carbocycles. The van der Waals surface area contributed by atoms with Crippen LogP contribution in [0.15, 0.2) is 18.2 Å². The Labute approximate surface area is 120 Å². The Morgan fingerprint density at radius 2 is 2.10 bits per heavy atom. The molecule has 1 aromatic carbocycles. The van der Waals surface area contributed by atoms with E-state index in [9.17, 15) is 8.78 Å². The van der Waals surface area contributed by atoms with Gasteiger partial charge in [-0.15, -0.1) is 0 Å². The Balaban J connectivity index is 1.87. The molecule has 2 rings (SSSR count). The summed E-state index contributed by atoms with van der Waals surface area (Å²) in [4.78, 5) is 2.31. The van der Waals surface area contributed by atoms with Crippen molar-refractivity contribution < 1.29 is 8.78 Å². The molecule has 0 bridgehead atoms. The zero-order valence-electron chi connectivity index (χ0n) is 12.3. The van der Waals surface area contributed by atoms with Crippen LogP contribution in [0.4, 0.5) is 8.78 Å². The highest BCUT2D eigenvalue weighted by molar-refractivity contribution is 5.17. The monoisotopic (exact) mass is 282 g/mol. The molecule has 1 N–H and O–H groups in total. The van der Waals surface area contributed by atoms with E-state index >= 15 is 0 Å². The minimum absolute atomic E-state index is 0.511. The van der Waals surface area contributed by atoms with Crippen molar-refractivity contribution in [3.8, 4) is 0 Å². The molecule has 1 aliphatic rings. The molecule has 0 radical (unpaired) electrons. The molecule has 1 fully saturated rings. The second-order valence-corrected chi connectivity index (χ2v) is 6.12. The topological polar surface area (TPSA) is 15.3 Å². The average molecular weight is 282 g/mol. The molecule has 1 unspecified atom stereocenters. The molecule has 4 heteroatoms. The number of likely N-dealkylation sites (tertiary alicyclic amines) is 1. The number of hydrogen-bond donors (Lipinski definition) is 1. The van der Waals surface area contributed by atoms with E-state index in [-0.39, 0.29) is 0 Å². The second kappa shape index (κ2) is 7.14. The zero-order valence-corrected chi connectivity index (χ0v) is 12.3. The van der Waals surface area contributed by atoms with E-state index < -0.39 is 11.6 Å². The summed E-state index contributed by atoms with van der Waals surface area (Å²) in [6.45, 7) is 8.13. The molecule has 1 heterocycles. The largest absolute Gasteiger partial charge is 0.312 e. The number of halogens is 2. The van der Waals surface area contributed by atoms with Gasteiger partial charge < -0.3 is 5.32 Å². The van der Waals surface area contributed by atoms with Crippen molar-refractivity contribution >= 4 is 0 Å². The van der Waals surface area contributed by atoms with Crippen molar-refractivity contribution in [1.82, 2.24) is 10.2 Å². The van der Waals surface area contributed by atoms with Crippen LogP contribution in [0.1, 0.15) is 32.3 Å². The average Bonchev–Trinajstić information content (AvgIpc) is 2.41. The summed E-state index contributed by atoms with van der Waals surface area (Å²) >= 11 is 0. The second-order valence-electron chi connectivity index (χ2n) is 6.12. The molecule has 1 aromatic rings. The van der Waals surface area contributed by atoms with Gasteiger partial charge in [-0.1, -0.05) is 19.9 Å². The molecule has 2 nitrogen and oxygen atoms in total. The molecule has 1 atom stereocenters. The Bertz CT molecular complexity index is 434. The summed E-state index contributed by atoms with van der Waals surface area (Å²) in [5.41, 5.74) is 0.841. The maximum absolute atomic E-state index is 13.2. The number of piperidine rings is 1. The van der Waals surface area contributed by atoms with Crippen molar-refractivity contribution in [2.24, 2.45) is 5.92 Å². The number of nitrogens with zero attached hydrogens (tertiary/aromatic N) is 1. The van der Waals surface area contributed by atoms with Gasteiger partial charge in [0.1, 0.15) is 0 Å². The molecular formula is C16H24F2N2. The minimum Gasteiger partial charge on any atom is -0.312 e. The molecule has 0 aromatic heterocycles. The maximum atomic E-state index is 13.2. The van der Waals surface area contributed by atoms with Crippen LogP contribution in [0.3, 0.4) is 0 Å². The van der Waals surface area contributed by atoms with Gasteiger partial charge in [-0.2, -0.15) is 0 Å². The van der Waals surface area contributed by atoms with Gasteiger partial charge in [-0.25, -0.2) is 8.78 Å². The molecular weight excluding hydrogens is 258 g/mol. The summed E-state index contributed by atoms with van der Waals surface area (Å²) < 4.78 is 26.1. The van der Waals surface area contributed by atoms with E-state index in [1.807, 2.05) is 0 Å². The van der Waals surface area contributed by atoms with E-state index in [0.717, 1.165) is 31.6 Å². The Kier molecular flexibility index (Phi) is 5.49. The normalized spacial score (nSPS) is 20.6. The first-order chi connectivity index (χ1) is 9.54. The highest BCUT2D eigenvalue weighted by Crippen LogP contribution is 2.16. The van der Waals surface area contributed by atoms with E-state index in [1.54, 1.807) is 6.07 Å². The van der Waals surface area contributed by atoms with Crippen molar-refractivity contribution in [2.75, 3.05) is 19.6 Å². The Hall–Kier alpha value is -1.00. The van der Waals surface area contributed by atoms with Crippen LogP contribution >= 0.6 is 0 Å². The van der Waals surface area contributed by atoms with Crippen LogP contribution < -0.4 is 5.32 Å². The van der Waals surface area contributed by atoms with Gasteiger partial charge in [0.05, 0.1) is 0 Å². The van der Waals surface area contributed by atoms with Crippen LogP contribution in [0, 0.1) is 17.6 Å².